The molecule has 2 aliphatic rings. The minimum Gasteiger partial charge on any atom is -0.338 e. The maximum atomic E-state index is 14.7. The molecule has 3 heterocycles. The van der Waals surface area contributed by atoms with Gasteiger partial charge < -0.3 is 14.8 Å². The van der Waals surface area contributed by atoms with Crippen LogP contribution in [0.5, 0.6) is 0 Å². The van der Waals surface area contributed by atoms with Crippen molar-refractivity contribution < 1.29 is 14.0 Å². The fourth-order valence-electron chi connectivity index (χ4n) is 4.95. The zero-order chi connectivity index (χ0) is 24.4. The Morgan fingerprint density at radius 3 is 2.66 bits per heavy atom. The molecule has 0 saturated carbocycles. The highest BCUT2D eigenvalue weighted by Gasteiger charge is 2.29. The molecule has 1 fully saturated rings. The van der Waals surface area contributed by atoms with E-state index in [0.717, 1.165) is 55.6 Å². The number of aromatic nitrogens is 3. The number of amides is 2. The minimum absolute atomic E-state index is 0.0804. The SMILES string of the molecule is Cc1ccc(C(=O)N2CCCC(C(=O)Nc3cc(-c4nnc5n4CCCCC5)ccc3F)C2)cc1. The first-order chi connectivity index (χ1) is 17.0. The third-order valence-electron chi connectivity index (χ3n) is 6.97. The predicted molar refractivity (Wildman–Crippen MR) is 131 cm³/mol. The van der Waals surface area contributed by atoms with Gasteiger partial charge in [-0.1, -0.05) is 24.1 Å². The third-order valence-corrected chi connectivity index (χ3v) is 6.97. The summed E-state index contributed by atoms with van der Waals surface area (Å²) < 4.78 is 16.8. The Balaban J connectivity index is 1.30. The lowest BCUT2D eigenvalue weighted by atomic mass is 9.96. The predicted octanol–water partition coefficient (Wildman–Crippen LogP) is 4.61. The van der Waals surface area contributed by atoms with Gasteiger partial charge in [-0.3, -0.25) is 9.59 Å². The molecule has 0 radical (unpaired) electrons. The molecule has 1 saturated heterocycles. The molecular formula is C27H30FN5O2. The topological polar surface area (TPSA) is 80.1 Å². The quantitative estimate of drug-likeness (QED) is 0.598. The molecule has 2 aliphatic heterocycles. The van der Waals surface area contributed by atoms with Crippen LogP contribution in [0.25, 0.3) is 11.4 Å². The fourth-order valence-corrected chi connectivity index (χ4v) is 4.95. The Kier molecular flexibility index (Phi) is 6.61. The van der Waals surface area contributed by atoms with Crippen LogP contribution in [-0.4, -0.2) is 44.6 Å². The second-order valence-electron chi connectivity index (χ2n) is 9.54. The summed E-state index contributed by atoms with van der Waals surface area (Å²) in [5, 5.41) is 11.4. The van der Waals surface area contributed by atoms with E-state index in [1.807, 2.05) is 31.2 Å². The summed E-state index contributed by atoms with van der Waals surface area (Å²) in [5.74, 6) is 0.398. The van der Waals surface area contributed by atoms with Crippen LogP contribution < -0.4 is 5.32 Å². The van der Waals surface area contributed by atoms with Crippen LogP contribution in [0.1, 0.15) is 53.8 Å². The van der Waals surface area contributed by atoms with Gasteiger partial charge in [-0.15, -0.1) is 10.2 Å². The number of halogens is 1. The Bertz CT molecular complexity index is 1240. The maximum absolute atomic E-state index is 14.7. The molecule has 0 bridgehead atoms. The number of carbonyl (C=O) groups is 2. The van der Waals surface area contributed by atoms with Gasteiger partial charge in [0.05, 0.1) is 11.6 Å². The average Bonchev–Trinajstić information content (AvgIpc) is 3.13. The van der Waals surface area contributed by atoms with E-state index < -0.39 is 11.7 Å². The zero-order valence-corrected chi connectivity index (χ0v) is 20.0. The summed E-state index contributed by atoms with van der Waals surface area (Å²) in [5.41, 5.74) is 2.55. The molecule has 5 rings (SSSR count). The number of hydrogen-bond donors (Lipinski definition) is 1. The van der Waals surface area contributed by atoms with Crippen LogP contribution in [0, 0.1) is 18.7 Å². The molecule has 1 aromatic heterocycles. The van der Waals surface area contributed by atoms with E-state index in [4.69, 9.17) is 0 Å². The van der Waals surface area contributed by atoms with Crippen LogP contribution >= 0.6 is 0 Å². The number of carbonyl (C=O) groups excluding carboxylic acids is 2. The first-order valence-electron chi connectivity index (χ1n) is 12.4. The van der Waals surface area contributed by atoms with Gasteiger partial charge >= 0.3 is 0 Å². The number of aryl methyl sites for hydroxylation is 2. The smallest absolute Gasteiger partial charge is 0.253 e. The highest BCUT2D eigenvalue weighted by Crippen LogP contribution is 2.28. The van der Waals surface area contributed by atoms with Gasteiger partial charge in [-0.05, 0) is 62.9 Å². The molecule has 2 amide bonds. The summed E-state index contributed by atoms with van der Waals surface area (Å²) in [6.45, 7) is 3.74. The van der Waals surface area contributed by atoms with Gasteiger partial charge in [0.2, 0.25) is 5.91 Å². The van der Waals surface area contributed by atoms with E-state index in [0.29, 0.717) is 30.9 Å². The number of nitrogens with one attached hydrogen (secondary N) is 1. The Morgan fingerprint density at radius 2 is 1.83 bits per heavy atom. The lowest BCUT2D eigenvalue weighted by molar-refractivity contribution is -0.121. The normalized spacial score (nSPS) is 18.0. The third kappa shape index (κ3) is 4.97. The lowest BCUT2D eigenvalue weighted by Gasteiger charge is -2.32. The van der Waals surface area contributed by atoms with Crippen molar-refractivity contribution in [2.45, 2.75) is 52.0 Å². The number of hydrogen-bond acceptors (Lipinski definition) is 4. The van der Waals surface area contributed by atoms with Gasteiger partial charge in [-0.2, -0.15) is 0 Å². The summed E-state index contributed by atoms with van der Waals surface area (Å²) in [4.78, 5) is 27.7. The van der Waals surface area contributed by atoms with E-state index in [2.05, 4.69) is 20.1 Å². The molecule has 1 unspecified atom stereocenters. The molecule has 3 aromatic rings. The summed E-state index contributed by atoms with van der Waals surface area (Å²) >= 11 is 0. The van der Waals surface area contributed by atoms with Crippen LogP contribution in [0.3, 0.4) is 0 Å². The van der Waals surface area contributed by atoms with Crippen molar-refractivity contribution >= 4 is 17.5 Å². The fraction of sp³-hybridized carbons (Fsp3) is 0.407. The second kappa shape index (κ2) is 9.98. The summed E-state index contributed by atoms with van der Waals surface area (Å²) in [6.07, 6.45) is 5.57. The van der Waals surface area contributed by atoms with E-state index >= 15 is 0 Å². The van der Waals surface area contributed by atoms with Crippen molar-refractivity contribution in [2.24, 2.45) is 5.92 Å². The largest absolute Gasteiger partial charge is 0.338 e. The minimum atomic E-state index is -0.499. The van der Waals surface area contributed by atoms with Crippen LogP contribution in [0.4, 0.5) is 10.1 Å². The van der Waals surface area contributed by atoms with Crippen LogP contribution in [-0.2, 0) is 17.8 Å². The molecule has 1 N–H and O–H groups in total. The van der Waals surface area contributed by atoms with E-state index in [1.165, 1.54) is 6.07 Å². The van der Waals surface area contributed by atoms with Crippen LogP contribution in [0.2, 0.25) is 0 Å². The van der Waals surface area contributed by atoms with Crippen molar-refractivity contribution in [2.75, 3.05) is 18.4 Å². The molecular weight excluding hydrogens is 445 g/mol. The molecule has 182 valence electrons. The number of likely N-dealkylation sites (tertiary alicyclic amines) is 1. The first kappa shape index (κ1) is 23.2. The van der Waals surface area contributed by atoms with Crippen molar-refractivity contribution in [3.63, 3.8) is 0 Å². The molecule has 0 aliphatic carbocycles. The number of nitrogens with zero attached hydrogens (tertiary/aromatic N) is 4. The van der Waals surface area contributed by atoms with Crippen molar-refractivity contribution in [1.29, 1.82) is 0 Å². The summed E-state index contributed by atoms with van der Waals surface area (Å²) in [6, 6.07) is 12.1. The Hall–Kier alpha value is -3.55. The summed E-state index contributed by atoms with van der Waals surface area (Å²) in [7, 11) is 0. The number of fused-ring (bicyclic) bond motifs is 1. The van der Waals surface area contributed by atoms with E-state index in [-0.39, 0.29) is 17.5 Å². The number of piperidine rings is 1. The first-order valence-corrected chi connectivity index (χ1v) is 12.4. The van der Waals surface area contributed by atoms with Gasteiger partial charge in [0, 0.05) is 37.2 Å². The standard InChI is InChI=1S/C27H30FN5O2/c1-18-8-10-19(11-9-18)27(35)32-14-5-6-21(17-32)26(34)29-23-16-20(12-13-22(23)28)25-31-30-24-7-3-2-4-15-33(24)25/h8-13,16,21H,2-7,14-15,17H2,1H3,(H,29,34). The van der Waals surface area contributed by atoms with Gasteiger partial charge in [0.15, 0.2) is 5.82 Å². The second-order valence-corrected chi connectivity index (χ2v) is 9.54. The molecule has 7 nitrogen and oxygen atoms in total. The van der Waals surface area contributed by atoms with Gasteiger partial charge in [0.25, 0.3) is 5.91 Å². The van der Waals surface area contributed by atoms with Crippen molar-refractivity contribution in [1.82, 2.24) is 19.7 Å². The van der Waals surface area contributed by atoms with E-state index in [9.17, 15) is 14.0 Å². The molecule has 35 heavy (non-hydrogen) atoms. The lowest BCUT2D eigenvalue weighted by Crippen LogP contribution is -2.43. The highest BCUT2D eigenvalue weighted by atomic mass is 19.1. The molecule has 2 aromatic carbocycles. The van der Waals surface area contributed by atoms with Gasteiger partial charge in [0.1, 0.15) is 11.6 Å². The maximum Gasteiger partial charge on any atom is 0.253 e. The zero-order valence-electron chi connectivity index (χ0n) is 20.0. The average molecular weight is 476 g/mol. The van der Waals surface area contributed by atoms with Crippen molar-refractivity contribution in [3.05, 3.63) is 65.2 Å². The monoisotopic (exact) mass is 475 g/mol. The Labute approximate surface area is 204 Å². The van der Waals surface area contributed by atoms with Crippen molar-refractivity contribution in [3.8, 4) is 11.4 Å². The number of rotatable bonds is 4. The number of anilines is 1. The van der Waals surface area contributed by atoms with Crippen LogP contribution in [0.15, 0.2) is 42.5 Å². The van der Waals surface area contributed by atoms with Gasteiger partial charge in [-0.25, -0.2) is 4.39 Å². The van der Waals surface area contributed by atoms with E-state index in [1.54, 1.807) is 17.0 Å². The molecule has 8 heteroatoms. The Morgan fingerprint density at radius 1 is 1.00 bits per heavy atom. The molecule has 1 atom stereocenters. The number of benzene rings is 2. The highest BCUT2D eigenvalue weighted by molar-refractivity contribution is 5.96. The molecule has 0 spiro atoms.